The predicted molar refractivity (Wildman–Crippen MR) is 129 cm³/mol. The number of hydrogen-bond acceptors (Lipinski definition) is 10. The van der Waals surface area contributed by atoms with Crippen LogP contribution in [0.1, 0.15) is 13.8 Å². The highest BCUT2D eigenvalue weighted by molar-refractivity contribution is 7.80. The summed E-state index contributed by atoms with van der Waals surface area (Å²) in [5.41, 5.74) is 17.3. The van der Waals surface area contributed by atoms with Crippen molar-refractivity contribution >= 4 is 89.5 Å². The molecule has 30 heavy (non-hydrogen) atoms. The number of thiocarbonyl (C=S) groups is 2. The number of hydrazine groups is 1. The molecule has 12 nitrogen and oxygen atoms in total. The molecule has 0 saturated carbocycles. The zero-order valence-electron chi connectivity index (χ0n) is 16.3. The zero-order valence-corrected chi connectivity index (χ0v) is 19.7. The Kier molecular flexibility index (Phi) is 17.9. The van der Waals surface area contributed by atoms with E-state index in [0.717, 1.165) is 6.21 Å². The van der Waals surface area contributed by atoms with Gasteiger partial charge >= 0.3 is 0 Å². The molecule has 170 valence electrons. The number of amides is 2. The third kappa shape index (κ3) is 18.0. The second kappa shape index (κ2) is 17.8. The first-order chi connectivity index (χ1) is 13.9. The molecule has 0 aromatic rings. The van der Waals surface area contributed by atoms with Crippen LogP contribution < -0.4 is 38.4 Å². The smallest absolute Gasteiger partial charge is 0.264 e. The molecule has 0 bridgehead atoms. The third-order valence-electron chi connectivity index (χ3n) is 2.82. The van der Waals surface area contributed by atoms with Crippen LogP contribution in [0.3, 0.4) is 0 Å². The fraction of sp³-hybridized carbons (Fsp3) is 0.500. The minimum Gasteiger partial charge on any atom is -0.375 e. The van der Waals surface area contributed by atoms with Crippen LogP contribution in [0.4, 0.5) is 0 Å². The molecule has 9 N–H and O–H groups in total. The Morgan fingerprint density at radius 2 is 1.47 bits per heavy atom. The van der Waals surface area contributed by atoms with E-state index >= 15 is 0 Å². The normalized spacial score (nSPS) is 11.9. The number of ketones is 2. The lowest BCUT2D eigenvalue weighted by Gasteiger charge is -2.13. The lowest BCUT2D eigenvalue weighted by atomic mass is 10.2. The highest BCUT2D eigenvalue weighted by Gasteiger charge is 2.14. The first kappa shape index (κ1) is 30.2. The number of hydrogen-bond donors (Lipinski definition) is 9. The Bertz CT molecular complexity index is 662. The molecule has 0 aromatic carbocycles. The van der Waals surface area contributed by atoms with E-state index < -0.39 is 18.0 Å². The number of hydrazone groups is 1. The maximum Gasteiger partial charge on any atom is 0.264 e. The van der Waals surface area contributed by atoms with Crippen LogP contribution in [0.5, 0.6) is 0 Å². The molecule has 0 spiro atoms. The van der Waals surface area contributed by atoms with Gasteiger partial charge in [-0.2, -0.15) is 30.4 Å². The molecular formula is C14H26N8O4S4. The number of nitrogens with zero attached hydrogens (tertiary/aromatic N) is 1. The van der Waals surface area contributed by atoms with Crippen LogP contribution in [0.25, 0.3) is 0 Å². The van der Waals surface area contributed by atoms with E-state index in [4.69, 9.17) is 11.5 Å². The molecule has 2 atom stereocenters. The number of thiol groups is 2. The van der Waals surface area contributed by atoms with Gasteiger partial charge in [0.05, 0.1) is 18.6 Å². The monoisotopic (exact) mass is 498 g/mol. The van der Waals surface area contributed by atoms with E-state index in [1.807, 2.05) is 0 Å². The van der Waals surface area contributed by atoms with Crippen molar-refractivity contribution in [1.29, 1.82) is 0 Å². The van der Waals surface area contributed by atoms with E-state index in [0.29, 0.717) is 0 Å². The molecule has 0 rings (SSSR count). The molecule has 0 aliphatic carbocycles. The summed E-state index contributed by atoms with van der Waals surface area (Å²) in [7, 11) is 0. The molecule has 0 radical (unpaired) electrons. The summed E-state index contributed by atoms with van der Waals surface area (Å²) in [6.07, 6.45) is 0.943. The van der Waals surface area contributed by atoms with Crippen molar-refractivity contribution in [1.82, 2.24) is 26.9 Å². The van der Waals surface area contributed by atoms with Crippen LogP contribution in [0.2, 0.25) is 0 Å². The van der Waals surface area contributed by atoms with Crippen molar-refractivity contribution in [2.24, 2.45) is 16.6 Å². The summed E-state index contributed by atoms with van der Waals surface area (Å²) in [6, 6.07) is -1.18. The van der Waals surface area contributed by atoms with Crippen molar-refractivity contribution in [3.8, 4) is 0 Å². The van der Waals surface area contributed by atoms with Crippen molar-refractivity contribution in [3.63, 3.8) is 0 Å². The number of rotatable bonds is 11. The number of Topliss-reactive ketones (excluding diaryl/α,β-unsaturated/α-hetero) is 2. The largest absolute Gasteiger partial charge is 0.375 e. The average Bonchev–Trinajstić information content (AvgIpc) is 2.63. The number of nitrogens with two attached hydrogens (primary N) is 2. The topological polar surface area (TPSA) is 193 Å². The lowest BCUT2D eigenvalue weighted by Crippen LogP contribution is -2.49. The predicted octanol–water partition coefficient (Wildman–Crippen LogP) is -2.86. The second-order valence-corrected chi connectivity index (χ2v) is 6.95. The maximum absolute atomic E-state index is 11.2. The van der Waals surface area contributed by atoms with Crippen molar-refractivity contribution < 1.29 is 19.2 Å². The number of carbonyl (C=O) groups is 4. The van der Waals surface area contributed by atoms with Crippen molar-refractivity contribution in [3.05, 3.63) is 0 Å². The molecule has 0 aliphatic heterocycles. The molecule has 2 amide bonds. The van der Waals surface area contributed by atoms with E-state index in [-0.39, 0.29) is 45.7 Å². The van der Waals surface area contributed by atoms with Crippen LogP contribution >= 0.6 is 49.7 Å². The van der Waals surface area contributed by atoms with Gasteiger partial charge in [-0.05, 0) is 38.3 Å². The molecule has 2 unspecified atom stereocenters. The zero-order chi connectivity index (χ0) is 23.7. The Morgan fingerprint density at radius 3 is 1.87 bits per heavy atom. The summed E-state index contributed by atoms with van der Waals surface area (Å²) in [5, 5.41) is 8.31. The van der Waals surface area contributed by atoms with E-state index in [2.05, 4.69) is 81.7 Å². The first-order valence-corrected chi connectivity index (χ1v) is 10.2. The van der Waals surface area contributed by atoms with Gasteiger partial charge in [-0.3, -0.25) is 30.0 Å². The third-order valence-corrected chi connectivity index (χ3v) is 3.74. The molecule has 0 aliphatic rings. The highest BCUT2D eigenvalue weighted by atomic mass is 32.1. The molecule has 0 saturated heterocycles. The van der Waals surface area contributed by atoms with Crippen LogP contribution in [-0.2, 0) is 19.2 Å². The molecular weight excluding hydrogens is 472 g/mol. The van der Waals surface area contributed by atoms with Gasteiger partial charge < -0.3 is 22.1 Å². The summed E-state index contributed by atoms with van der Waals surface area (Å²) < 4.78 is 0. The van der Waals surface area contributed by atoms with Gasteiger partial charge in [0, 0.05) is 11.5 Å². The van der Waals surface area contributed by atoms with Crippen molar-refractivity contribution in [2.45, 2.75) is 25.9 Å². The van der Waals surface area contributed by atoms with Gasteiger partial charge in [-0.15, -0.1) is 0 Å². The average molecular weight is 499 g/mol. The minimum atomic E-state index is -0.614. The van der Waals surface area contributed by atoms with Gasteiger partial charge in [-0.1, -0.05) is 0 Å². The Balaban J connectivity index is 0. The standard InChI is InChI=1S/C7H14N4O2S2.C7H12N4O2S2/c2*1-4(12)5(3-14)10-6(13)2-9-11-7(8)15/h5,9,14H,2-3H2,1H3,(H,10,13)(H3,8,11,15);2,5,14H,3H2,1H3,(H,10,13)(H3,8,11,15)/b;9-2+. The van der Waals surface area contributed by atoms with Crippen LogP contribution in [-0.4, -0.2) is 70.0 Å². The van der Waals surface area contributed by atoms with Crippen LogP contribution in [0, 0.1) is 0 Å². The lowest BCUT2D eigenvalue weighted by molar-refractivity contribution is -0.125. The number of carbonyl (C=O) groups excluding carboxylic acids is 4. The quantitative estimate of drug-likeness (QED) is 0.0615. The van der Waals surface area contributed by atoms with Gasteiger partial charge in [0.2, 0.25) is 5.91 Å². The van der Waals surface area contributed by atoms with E-state index in [1.54, 1.807) is 0 Å². The molecule has 16 heteroatoms. The summed E-state index contributed by atoms with van der Waals surface area (Å²) in [4.78, 5) is 44.2. The van der Waals surface area contributed by atoms with Gasteiger partial charge in [-0.25, -0.2) is 5.43 Å². The minimum absolute atomic E-state index is 0.0328. The van der Waals surface area contributed by atoms with E-state index in [9.17, 15) is 19.2 Å². The van der Waals surface area contributed by atoms with E-state index in [1.165, 1.54) is 13.8 Å². The molecule has 0 heterocycles. The maximum atomic E-state index is 11.2. The highest BCUT2D eigenvalue weighted by Crippen LogP contribution is 1.89. The summed E-state index contributed by atoms with van der Waals surface area (Å²) >= 11 is 16.8. The fourth-order valence-electron chi connectivity index (χ4n) is 1.37. The Labute approximate surface area is 195 Å². The number of nitrogens with one attached hydrogen (secondary N) is 5. The molecule has 0 aromatic heterocycles. The fourth-order valence-corrected chi connectivity index (χ4v) is 2.19. The van der Waals surface area contributed by atoms with Crippen molar-refractivity contribution in [2.75, 3.05) is 18.1 Å². The Hall–Kier alpha value is -2.01. The first-order valence-electron chi connectivity index (χ1n) is 8.13. The van der Waals surface area contributed by atoms with Gasteiger partial charge in [0.25, 0.3) is 5.91 Å². The SMILES string of the molecule is CC(=O)C(CS)NC(=O)/C=N/NC(N)=S.CC(=O)C(CS)NC(=O)CNNC(N)=S. The molecule has 0 fully saturated rings. The second-order valence-electron chi connectivity index (χ2n) is 5.34. The summed E-state index contributed by atoms with van der Waals surface area (Å²) in [5.74, 6) is -0.669. The van der Waals surface area contributed by atoms with Gasteiger partial charge in [0.1, 0.15) is 6.21 Å². The Morgan fingerprint density at radius 1 is 0.967 bits per heavy atom. The van der Waals surface area contributed by atoms with Crippen LogP contribution in [0.15, 0.2) is 5.10 Å². The van der Waals surface area contributed by atoms with Gasteiger partial charge in [0.15, 0.2) is 21.8 Å². The summed E-state index contributed by atoms with van der Waals surface area (Å²) in [6.45, 7) is 2.72.